The highest BCUT2D eigenvalue weighted by atomic mass is 28.4. The summed E-state index contributed by atoms with van der Waals surface area (Å²) < 4.78 is 36.1. The van der Waals surface area contributed by atoms with Gasteiger partial charge in [0.05, 0.1) is 13.2 Å². The Kier molecular flexibility index (Phi) is 4.90. The minimum atomic E-state index is -2.23. The van der Waals surface area contributed by atoms with E-state index >= 15 is 0 Å². The largest absolute Gasteiger partial charge is 0.454 e. The molecule has 27 heavy (non-hydrogen) atoms. The van der Waals surface area contributed by atoms with Gasteiger partial charge in [0.25, 0.3) is 0 Å². The fourth-order valence-electron chi connectivity index (χ4n) is 3.49. The maximum absolute atomic E-state index is 13.0. The van der Waals surface area contributed by atoms with Crippen molar-refractivity contribution >= 4 is 14.3 Å². The number of ether oxygens (including phenoxy) is 5. The average molecular weight is 403 g/mol. The van der Waals surface area contributed by atoms with Crippen LogP contribution in [-0.4, -0.2) is 63.0 Å². The summed E-state index contributed by atoms with van der Waals surface area (Å²) >= 11 is 0. The molecule has 0 unspecified atom stereocenters. The molecule has 0 aromatic heterocycles. The molecule has 0 bridgehead atoms. The van der Waals surface area contributed by atoms with Gasteiger partial charge in [-0.15, -0.1) is 0 Å². The molecule has 0 aromatic carbocycles. The number of esters is 1. The van der Waals surface area contributed by atoms with Crippen LogP contribution in [0.15, 0.2) is 0 Å². The van der Waals surface area contributed by atoms with Crippen molar-refractivity contribution in [3.63, 3.8) is 0 Å². The Morgan fingerprint density at radius 2 is 1.70 bits per heavy atom. The highest BCUT2D eigenvalue weighted by molar-refractivity contribution is 6.74. The molecule has 3 saturated heterocycles. The van der Waals surface area contributed by atoms with Crippen LogP contribution in [0.5, 0.6) is 0 Å². The minimum absolute atomic E-state index is 0.0361. The van der Waals surface area contributed by atoms with E-state index in [2.05, 4.69) is 33.9 Å². The minimum Gasteiger partial charge on any atom is -0.454 e. The molecular weight excluding hydrogens is 368 g/mol. The SMILES string of the molecule is CC1(C)OC[C@H]([C@H]2OC(=O)[C@@]3(COC(C)(C)O3)[C@H]2O[Si](C)(C)C(C)(C)C)O1. The van der Waals surface area contributed by atoms with Crippen molar-refractivity contribution in [2.45, 2.75) is 102 Å². The van der Waals surface area contributed by atoms with E-state index in [1.165, 1.54) is 0 Å². The van der Waals surface area contributed by atoms with E-state index < -0.39 is 49.8 Å². The summed E-state index contributed by atoms with van der Waals surface area (Å²) in [5.74, 6) is -2.05. The van der Waals surface area contributed by atoms with Crippen molar-refractivity contribution in [1.82, 2.24) is 0 Å². The molecule has 0 aromatic rings. The molecule has 3 fully saturated rings. The Hall–Kier alpha value is -0.513. The molecule has 0 radical (unpaired) electrons. The molecule has 3 aliphatic heterocycles. The lowest BCUT2D eigenvalue weighted by molar-refractivity contribution is -0.185. The van der Waals surface area contributed by atoms with Gasteiger partial charge in [-0.2, -0.15) is 0 Å². The number of carbonyl (C=O) groups excluding carboxylic acids is 1. The first kappa shape index (κ1) is 21.2. The summed E-state index contributed by atoms with van der Waals surface area (Å²) in [4.78, 5) is 13.0. The van der Waals surface area contributed by atoms with Crippen molar-refractivity contribution in [3.05, 3.63) is 0 Å². The molecule has 3 aliphatic rings. The van der Waals surface area contributed by atoms with Gasteiger partial charge in [-0.3, -0.25) is 0 Å². The summed E-state index contributed by atoms with van der Waals surface area (Å²) in [6.07, 6.45) is -1.63. The lowest BCUT2D eigenvalue weighted by Crippen LogP contribution is -2.58. The molecule has 3 heterocycles. The third-order valence-corrected chi connectivity index (χ3v) is 10.5. The molecule has 0 saturated carbocycles. The van der Waals surface area contributed by atoms with Crippen molar-refractivity contribution < 1.29 is 32.9 Å². The van der Waals surface area contributed by atoms with Crippen LogP contribution >= 0.6 is 0 Å². The van der Waals surface area contributed by atoms with Crippen LogP contribution in [0.25, 0.3) is 0 Å². The van der Waals surface area contributed by atoms with E-state index in [1.807, 2.05) is 13.8 Å². The number of hydrogen-bond acceptors (Lipinski definition) is 7. The van der Waals surface area contributed by atoms with Crippen molar-refractivity contribution in [1.29, 1.82) is 0 Å². The second kappa shape index (κ2) is 6.24. The summed E-state index contributed by atoms with van der Waals surface area (Å²) in [5.41, 5.74) is -1.28. The summed E-state index contributed by atoms with van der Waals surface area (Å²) in [6.45, 7) is 18.5. The predicted molar refractivity (Wildman–Crippen MR) is 101 cm³/mol. The van der Waals surface area contributed by atoms with Gasteiger partial charge in [0.2, 0.25) is 5.60 Å². The Morgan fingerprint density at radius 1 is 1.07 bits per heavy atom. The first-order chi connectivity index (χ1) is 12.1. The van der Waals surface area contributed by atoms with E-state index in [0.29, 0.717) is 6.61 Å². The number of carbonyl (C=O) groups is 1. The molecule has 156 valence electrons. The van der Waals surface area contributed by atoms with E-state index in [9.17, 15) is 4.79 Å². The van der Waals surface area contributed by atoms with Gasteiger partial charge >= 0.3 is 5.97 Å². The smallest absolute Gasteiger partial charge is 0.344 e. The van der Waals surface area contributed by atoms with Crippen LogP contribution in [0.1, 0.15) is 48.5 Å². The fraction of sp³-hybridized carbons (Fsp3) is 0.947. The first-order valence-electron chi connectivity index (χ1n) is 9.63. The number of rotatable bonds is 3. The second-order valence-corrected chi connectivity index (χ2v) is 15.0. The molecule has 0 N–H and O–H groups in total. The standard InChI is InChI=1S/C19H34O7Si/c1-16(2,3)27(8,9)25-14-13(12-10-21-17(4,5)24-12)23-15(20)19(14)11-22-18(6,7)26-19/h12-14H,10-11H2,1-9H3/t12-,13-,14+,19-/m1/s1. The van der Waals surface area contributed by atoms with Gasteiger partial charge in [0.1, 0.15) is 12.2 Å². The van der Waals surface area contributed by atoms with Crippen LogP contribution in [0.2, 0.25) is 18.1 Å². The Morgan fingerprint density at radius 3 is 2.15 bits per heavy atom. The molecule has 8 heteroatoms. The second-order valence-electron chi connectivity index (χ2n) is 10.2. The summed E-state index contributed by atoms with van der Waals surface area (Å²) in [6, 6.07) is 0. The molecule has 3 rings (SSSR count). The third-order valence-electron chi connectivity index (χ3n) is 6.03. The Bertz CT molecular complexity index is 610. The average Bonchev–Trinajstić information content (AvgIpc) is 3.08. The van der Waals surface area contributed by atoms with Crippen LogP contribution in [-0.2, 0) is 32.9 Å². The van der Waals surface area contributed by atoms with Gasteiger partial charge in [-0.05, 0) is 45.8 Å². The first-order valence-corrected chi connectivity index (χ1v) is 12.5. The van der Waals surface area contributed by atoms with Gasteiger partial charge in [-0.1, -0.05) is 20.8 Å². The monoisotopic (exact) mass is 402 g/mol. The van der Waals surface area contributed by atoms with Crippen LogP contribution in [0.4, 0.5) is 0 Å². The highest BCUT2D eigenvalue weighted by Gasteiger charge is 2.68. The van der Waals surface area contributed by atoms with Crippen molar-refractivity contribution in [2.24, 2.45) is 0 Å². The Balaban J connectivity index is 1.96. The van der Waals surface area contributed by atoms with E-state index in [-0.39, 0.29) is 11.6 Å². The van der Waals surface area contributed by atoms with E-state index in [4.69, 9.17) is 28.1 Å². The fourth-order valence-corrected chi connectivity index (χ4v) is 4.80. The maximum atomic E-state index is 13.0. The van der Waals surface area contributed by atoms with Crippen molar-refractivity contribution in [3.8, 4) is 0 Å². The predicted octanol–water partition coefficient (Wildman–Crippen LogP) is 2.98. The lowest BCUT2D eigenvalue weighted by atomic mass is 9.94. The third kappa shape index (κ3) is 3.72. The quantitative estimate of drug-likeness (QED) is 0.531. The highest BCUT2D eigenvalue weighted by Crippen LogP contribution is 2.47. The van der Waals surface area contributed by atoms with E-state index in [0.717, 1.165) is 0 Å². The summed E-state index contributed by atoms with van der Waals surface area (Å²) in [5, 5.41) is -0.0361. The van der Waals surface area contributed by atoms with Gasteiger partial charge in [-0.25, -0.2) is 4.79 Å². The van der Waals surface area contributed by atoms with Gasteiger partial charge in [0, 0.05) is 0 Å². The topological polar surface area (TPSA) is 72.5 Å². The molecule has 0 aliphatic carbocycles. The van der Waals surface area contributed by atoms with E-state index in [1.54, 1.807) is 13.8 Å². The normalized spacial score (nSPS) is 38.6. The Labute approximate surface area is 163 Å². The zero-order chi connectivity index (χ0) is 20.5. The van der Waals surface area contributed by atoms with Gasteiger partial charge < -0.3 is 28.1 Å². The van der Waals surface area contributed by atoms with Crippen LogP contribution < -0.4 is 0 Å². The summed E-state index contributed by atoms with van der Waals surface area (Å²) in [7, 11) is -2.23. The molecule has 4 atom stereocenters. The number of cyclic esters (lactones) is 1. The lowest BCUT2D eigenvalue weighted by Gasteiger charge is -2.42. The molecule has 1 spiro atoms. The van der Waals surface area contributed by atoms with Crippen molar-refractivity contribution in [2.75, 3.05) is 13.2 Å². The zero-order valence-corrected chi connectivity index (χ0v) is 19.0. The maximum Gasteiger partial charge on any atom is 0.344 e. The van der Waals surface area contributed by atoms with Crippen LogP contribution in [0, 0.1) is 0 Å². The molecule has 0 amide bonds. The number of hydrogen-bond donors (Lipinski definition) is 0. The van der Waals surface area contributed by atoms with Gasteiger partial charge in [0.15, 0.2) is 26.0 Å². The zero-order valence-electron chi connectivity index (χ0n) is 18.0. The molecular formula is C19H34O7Si. The molecule has 7 nitrogen and oxygen atoms in total. The van der Waals surface area contributed by atoms with Crippen LogP contribution in [0.3, 0.4) is 0 Å².